The Bertz CT molecular complexity index is 750. The van der Waals surface area contributed by atoms with Crippen LogP contribution in [-0.4, -0.2) is 67.0 Å². The monoisotopic (exact) mass is 365 g/mol. The van der Waals surface area contributed by atoms with Gasteiger partial charge in [-0.2, -0.15) is 0 Å². The van der Waals surface area contributed by atoms with E-state index >= 15 is 0 Å². The zero-order chi connectivity index (χ0) is 18.0. The Morgan fingerprint density at radius 1 is 1.24 bits per heavy atom. The van der Waals surface area contributed by atoms with Crippen molar-refractivity contribution in [3.8, 4) is 0 Å². The highest BCUT2D eigenvalue weighted by molar-refractivity contribution is 7.91. The van der Waals surface area contributed by atoms with Gasteiger partial charge in [0.2, 0.25) is 0 Å². The van der Waals surface area contributed by atoms with Crippen LogP contribution in [0.25, 0.3) is 0 Å². The van der Waals surface area contributed by atoms with Crippen LogP contribution < -0.4 is 5.32 Å². The first-order valence-electron chi connectivity index (χ1n) is 8.50. The number of carbonyl (C=O) groups excluding carboxylic acids is 2. The first kappa shape index (κ1) is 17.9. The predicted octanol–water partition coefficient (Wildman–Crippen LogP) is 0.616. The third-order valence-corrected chi connectivity index (χ3v) is 6.59. The molecule has 0 bridgehead atoms. The van der Waals surface area contributed by atoms with Crippen LogP contribution in [0, 0.1) is 0 Å². The van der Waals surface area contributed by atoms with E-state index in [-0.39, 0.29) is 30.1 Å². The molecular formula is C17H23N3O4S. The molecule has 1 aromatic carbocycles. The Labute approximate surface area is 147 Å². The Hall–Kier alpha value is -1.93. The zero-order valence-corrected chi connectivity index (χ0v) is 15.0. The molecule has 136 valence electrons. The fourth-order valence-corrected chi connectivity index (χ4v) is 5.18. The normalized spacial score (nSPS) is 25.6. The first-order valence-corrected chi connectivity index (χ1v) is 10.3. The molecule has 0 spiro atoms. The van der Waals surface area contributed by atoms with E-state index in [1.54, 1.807) is 0 Å². The molecule has 2 heterocycles. The quantitative estimate of drug-likeness (QED) is 0.747. The molecular weight excluding hydrogens is 342 g/mol. The Morgan fingerprint density at radius 3 is 2.56 bits per heavy atom. The second-order valence-electron chi connectivity index (χ2n) is 6.56. The Morgan fingerprint density at radius 2 is 1.96 bits per heavy atom. The van der Waals surface area contributed by atoms with Crippen molar-refractivity contribution in [3.05, 3.63) is 35.9 Å². The number of rotatable bonds is 6. The number of nitrogens with one attached hydrogen (secondary N) is 1. The van der Waals surface area contributed by atoms with E-state index in [0.717, 1.165) is 5.56 Å². The third kappa shape index (κ3) is 4.01. The van der Waals surface area contributed by atoms with Crippen molar-refractivity contribution in [1.29, 1.82) is 0 Å². The van der Waals surface area contributed by atoms with E-state index in [2.05, 4.69) is 5.32 Å². The van der Waals surface area contributed by atoms with Gasteiger partial charge in [0.15, 0.2) is 9.84 Å². The molecule has 3 rings (SSSR count). The molecule has 2 aliphatic heterocycles. The number of imide groups is 1. The molecule has 25 heavy (non-hydrogen) atoms. The average molecular weight is 365 g/mol. The largest absolute Gasteiger partial charge is 0.325 e. The lowest BCUT2D eigenvalue weighted by molar-refractivity contribution is -0.129. The molecule has 2 atom stereocenters. The topological polar surface area (TPSA) is 86.8 Å². The van der Waals surface area contributed by atoms with Crippen LogP contribution in [-0.2, 0) is 21.1 Å². The minimum atomic E-state index is -3.01. The second-order valence-corrected chi connectivity index (χ2v) is 8.79. The van der Waals surface area contributed by atoms with Crippen LogP contribution in [0.1, 0.15) is 18.9 Å². The molecule has 1 aromatic rings. The molecule has 0 unspecified atom stereocenters. The van der Waals surface area contributed by atoms with Gasteiger partial charge in [-0.05, 0) is 18.5 Å². The van der Waals surface area contributed by atoms with E-state index in [1.807, 2.05) is 42.2 Å². The van der Waals surface area contributed by atoms with E-state index in [4.69, 9.17) is 0 Å². The van der Waals surface area contributed by atoms with Gasteiger partial charge < -0.3 is 5.32 Å². The Balaban J connectivity index is 1.65. The van der Waals surface area contributed by atoms with Crippen LogP contribution >= 0.6 is 0 Å². The van der Waals surface area contributed by atoms with Crippen molar-refractivity contribution >= 4 is 21.8 Å². The molecule has 3 amide bonds. The lowest BCUT2D eigenvalue weighted by Crippen LogP contribution is -2.47. The summed E-state index contributed by atoms with van der Waals surface area (Å²) < 4.78 is 23.4. The summed E-state index contributed by atoms with van der Waals surface area (Å²) in [4.78, 5) is 27.9. The summed E-state index contributed by atoms with van der Waals surface area (Å²) in [6.45, 7) is 2.62. The zero-order valence-electron chi connectivity index (χ0n) is 14.2. The number of benzene rings is 1. The first-order chi connectivity index (χ1) is 11.9. The lowest BCUT2D eigenvalue weighted by atomic mass is 10.1. The number of nitrogens with zero attached hydrogens (tertiary/aromatic N) is 2. The van der Waals surface area contributed by atoms with Gasteiger partial charge >= 0.3 is 6.03 Å². The smallest absolute Gasteiger partial charge is 0.325 e. The van der Waals surface area contributed by atoms with Crippen molar-refractivity contribution < 1.29 is 18.0 Å². The van der Waals surface area contributed by atoms with Gasteiger partial charge in [0, 0.05) is 12.5 Å². The van der Waals surface area contributed by atoms with Gasteiger partial charge in [0.25, 0.3) is 5.91 Å². The standard InChI is InChI=1S/C17H23N3O4S/c1-2-19(14-8-9-25(23,24)11-14)12-20-16(21)15(18-17(20)22)10-13-6-4-3-5-7-13/h3-7,14-15H,2,8-12H2,1H3,(H,18,22)/t14-,15+/m1/s1. The highest BCUT2D eigenvalue weighted by Gasteiger charge is 2.40. The number of carbonyl (C=O) groups is 2. The van der Waals surface area contributed by atoms with Gasteiger partial charge in [-0.15, -0.1) is 0 Å². The summed E-state index contributed by atoms with van der Waals surface area (Å²) in [6.07, 6.45) is 0.999. The number of hydrogen-bond acceptors (Lipinski definition) is 5. The maximum atomic E-state index is 12.6. The second kappa shape index (κ2) is 7.13. The molecule has 8 heteroatoms. The van der Waals surface area contributed by atoms with Gasteiger partial charge in [-0.25, -0.2) is 18.1 Å². The van der Waals surface area contributed by atoms with Crippen LogP contribution in [0.15, 0.2) is 30.3 Å². The van der Waals surface area contributed by atoms with Gasteiger partial charge in [-0.1, -0.05) is 37.3 Å². The molecule has 0 aliphatic carbocycles. The van der Waals surface area contributed by atoms with Crippen molar-refractivity contribution in [1.82, 2.24) is 15.1 Å². The van der Waals surface area contributed by atoms with Crippen molar-refractivity contribution in [3.63, 3.8) is 0 Å². The SMILES string of the molecule is CCN(CN1C(=O)N[C@@H](Cc2ccccc2)C1=O)[C@@H]1CCS(=O)(=O)C1. The van der Waals surface area contributed by atoms with Crippen molar-refractivity contribution in [2.24, 2.45) is 0 Å². The number of urea groups is 1. The van der Waals surface area contributed by atoms with Crippen molar-refractivity contribution in [2.45, 2.75) is 31.8 Å². The van der Waals surface area contributed by atoms with Crippen LogP contribution in [0.5, 0.6) is 0 Å². The maximum Gasteiger partial charge on any atom is 0.325 e. The summed E-state index contributed by atoms with van der Waals surface area (Å²) in [5.41, 5.74) is 0.984. The third-order valence-electron chi connectivity index (χ3n) is 4.84. The number of sulfone groups is 1. The predicted molar refractivity (Wildman–Crippen MR) is 93.6 cm³/mol. The summed E-state index contributed by atoms with van der Waals surface area (Å²) in [5.74, 6) is 0.0104. The molecule has 2 aliphatic rings. The fraction of sp³-hybridized carbons (Fsp3) is 0.529. The maximum absolute atomic E-state index is 12.6. The Kier molecular flexibility index (Phi) is 5.10. The molecule has 0 saturated carbocycles. The van der Waals surface area contributed by atoms with Crippen LogP contribution in [0.4, 0.5) is 4.79 Å². The minimum absolute atomic E-state index is 0.0952. The molecule has 0 aromatic heterocycles. The molecule has 1 N–H and O–H groups in total. The molecule has 0 radical (unpaired) electrons. The van der Waals surface area contributed by atoms with E-state index in [1.165, 1.54) is 4.90 Å². The van der Waals surface area contributed by atoms with Gasteiger partial charge in [-0.3, -0.25) is 9.69 Å². The lowest BCUT2D eigenvalue weighted by Gasteiger charge is -2.29. The van der Waals surface area contributed by atoms with Crippen LogP contribution in [0.3, 0.4) is 0 Å². The van der Waals surface area contributed by atoms with E-state index < -0.39 is 21.9 Å². The van der Waals surface area contributed by atoms with Crippen LogP contribution in [0.2, 0.25) is 0 Å². The number of amides is 3. The van der Waals surface area contributed by atoms with Gasteiger partial charge in [0.1, 0.15) is 6.04 Å². The summed E-state index contributed by atoms with van der Waals surface area (Å²) >= 11 is 0. The van der Waals surface area contributed by atoms with Crippen molar-refractivity contribution in [2.75, 3.05) is 24.7 Å². The number of hydrogen-bond donors (Lipinski definition) is 1. The molecule has 2 fully saturated rings. The summed E-state index contributed by atoms with van der Waals surface area (Å²) in [7, 11) is -3.01. The minimum Gasteiger partial charge on any atom is -0.325 e. The summed E-state index contributed by atoms with van der Waals surface area (Å²) in [6, 6.07) is 8.42. The highest BCUT2D eigenvalue weighted by atomic mass is 32.2. The van der Waals surface area contributed by atoms with E-state index in [9.17, 15) is 18.0 Å². The fourth-order valence-electron chi connectivity index (χ4n) is 3.42. The summed E-state index contributed by atoms with van der Waals surface area (Å²) in [5, 5.41) is 2.73. The van der Waals surface area contributed by atoms with Gasteiger partial charge in [0.05, 0.1) is 18.2 Å². The highest BCUT2D eigenvalue weighted by Crippen LogP contribution is 2.20. The average Bonchev–Trinajstić information content (AvgIpc) is 3.06. The molecule has 7 nitrogen and oxygen atoms in total. The molecule has 2 saturated heterocycles. The van der Waals surface area contributed by atoms with E-state index in [0.29, 0.717) is 19.4 Å².